The Bertz CT molecular complexity index is 483. The molecular formula is C15H19NO4. The van der Waals surface area contributed by atoms with Crippen molar-refractivity contribution in [2.75, 3.05) is 7.11 Å². The van der Waals surface area contributed by atoms with Crippen molar-refractivity contribution in [3.63, 3.8) is 0 Å². The molecule has 108 valence electrons. The van der Waals surface area contributed by atoms with E-state index in [0.29, 0.717) is 6.54 Å². The van der Waals surface area contributed by atoms with Crippen LogP contribution in [0.2, 0.25) is 0 Å². The summed E-state index contributed by atoms with van der Waals surface area (Å²) in [6.45, 7) is 0.423. The van der Waals surface area contributed by atoms with Crippen LogP contribution >= 0.6 is 0 Å². The Morgan fingerprint density at radius 1 is 1.30 bits per heavy atom. The summed E-state index contributed by atoms with van der Waals surface area (Å²) in [6.07, 6.45) is 2.77. The van der Waals surface area contributed by atoms with Gasteiger partial charge >= 0.3 is 5.97 Å². The molecule has 2 N–H and O–H groups in total. The molecule has 0 aromatic heterocycles. The number of hydrogen-bond acceptors (Lipinski definition) is 3. The summed E-state index contributed by atoms with van der Waals surface area (Å²) in [5.74, 6) is -0.873. The van der Waals surface area contributed by atoms with Crippen LogP contribution in [0.25, 0.3) is 0 Å². The van der Waals surface area contributed by atoms with Crippen LogP contribution in [0.5, 0.6) is 0 Å². The molecule has 1 fully saturated rings. The Labute approximate surface area is 117 Å². The highest BCUT2D eigenvalue weighted by Gasteiger charge is 2.29. The maximum Gasteiger partial charge on any atom is 0.335 e. The number of carboxylic acids is 1. The van der Waals surface area contributed by atoms with E-state index < -0.39 is 5.97 Å². The van der Waals surface area contributed by atoms with E-state index in [1.807, 2.05) is 0 Å². The zero-order chi connectivity index (χ0) is 14.5. The third-order valence-corrected chi connectivity index (χ3v) is 3.76. The van der Waals surface area contributed by atoms with Gasteiger partial charge in [0.1, 0.15) is 0 Å². The third-order valence-electron chi connectivity index (χ3n) is 3.76. The van der Waals surface area contributed by atoms with Gasteiger partial charge in [-0.2, -0.15) is 0 Å². The van der Waals surface area contributed by atoms with Crippen molar-refractivity contribution in [3.8, 4) is 0 Å². The highest BCUT2D eigenvalue weighted by atomic mass is 16.5. The first-order chi connectivity index (χ1) is 9.60. The van der Waals surface area contributed by atoms with Crippen molar-refractivity contribution in [2.24, 2.45) is 5.92 Å². The summed E-state index contributed by atoms with van der Waals surface area (Å²) in [7, 11) is 1.68. The van der Waals surface area contributed by atoms with E-state index >= 15 is 0 Å². The predicted molar refractivity (Wildman–Crippen MR) is 73.4 cm³/mol. The van der Waals surface area contributed by atoms with E-state index in [0.717, 1.165) is 24.8 Å². The topological polar surface area (TPSA) is 75.6 Å². The molecule has 1 aromatic carbocycles. The number of methoxy groups -OCH3 is 1. The van der Waals surface area contributed by atoms with Crippen LogP contribution in [0, 0.1) is 5.92 Å². The van der Waals surface area contributed by atoms with Gasteiger partial charge in [0, 0.05) is 19.6 Å². The lowest BCUT2D eigenvalue weighted by molar-refractivity contribution is -0.125. The van der Waals surface area contributed by atoms with E-state index in [1.54, 1.807) is 31.4 Å². The maximum absolute atomic E-state index is 12.0. The van der Waals surface area contributed by atoms with Crippen LogP contribution in [0.15, 0.2) is 24.3 Å². The highest BCUT2D eigenvalue weighted by molar-refractivity contribution is 5.87. The first kappa shape index (κ1) is 14.5. The second-order valence-corrected chi connectivity index (χ2v) is 5.09. The van der Waals surface area contributed by atoms with Crippen molar-refractivity contribution < 1.29 is 19.4 Å². The second kappa shape index (κ2) is 6.52. The van der Waals surface area contributed by atoms with Gasteiger partial charge in [-0.15, -0.1) is 0 Å². The molecule has 2 unspecified atom stereocenters. The smallest absolute Gasteiger partial charge is 0.335 e. The Morgan fingerprint density at radius 3 is 2.55 bits per heavy atom. The van der Waals surface area contributed by atoms with E-state index in [4.69, 9.17) is 9.84 Å². The second-order valence-electron chi connectivity index (χ2n) is 5.09. The van der Waals surface area contributed by atoms with Gasteiger partial charge in [0.25, 0.3) is 0 Å². The number of carboxylic acid groups (broad SMARTS) is 1. The van der Waals surface area contributed by atoms with Crippen LogP contribution < -0.4 is 5.32 Å². The van der Waals surface area contributed by atoms with E-state index in [2.05, 4.69) is 5.32 Å². The number of ether oxygens (including phenoxy) is 1. The fourth-order valence-electron chi connectivity index (χ4n) is 2.49. The van der Waals surface area contributed by atoms with Crippen LogP contribution in [0.4, 0.5) is 0 Å². The number of aromatic carboxylic acids is 1. The normalized spacial score (nSPS) is 21.6. The SMILES string of the molecule is COC1CCC(C(=O)NCc2ccc(C(=O)O)cc2)C1. The predicted octanol–water partition coefficient (Wildman–Crippen LogP) is 1.82. The molecule has 2 atom stereocenters. The first-order valence-corrected chi connectivity index (χ1v) is 6.73. The Kier molecular flexibility index (Phi) is 4.74. The summed E-state index contributed by atoms with van der Waals surface area (Å²) in [6, 6.07) is 6.52. The quantitative estimate of drug-likeness (QED) is 0.860. The maximum atomic E-state index is 12.0. The molecule has 0 aliphatic heterocycles. The molecule has 5 nitrogen and oxygen atoms in total. The van der Waals surface area contributed by atoms with Gasteiger partial charge in [-0.25, -0.2) is 4.79 Å². The van der Waals surface area contributed by atoms with E-state index in [9.17, 15) is 9.59 Å². The Hall–Kier alpha value is -1.88. The van der Waals surface area contributed by atoms with Gasteiger partial charge in [0.15, 0.2) is 0 Å². The lowest BCUT2D eigenvalue weighted by Gasteiger charge is -2.11. The van der Waals surface area contributed by atoms with Gasteiger partial charge < -0.3 is 15.2 Å². The molecule has 0 heterocycles. The molecule has 0 saturated heterocycles. The standard InChI is InChI=1S/C15H19NO4/c1-20-13-7-6-12(8-13)14(17)16-9-10-2-4-11(5-3-10)15(18)19/h2-5,12-13H,6-9H2,1H3,(H,16,17)(H,18,19). The molecular weight excluding hydrogens is 258 g/mol. The van der Waals surface area contributed by atoms with Crippen LogP contribution in [-0.2, 0) is 16.1 Å². The number of carbonyl (C=O) groups excluding carboxylic acids is 1. The van der Waals surface area contributed by atoms with Gasteiger partial charge in [-0.05, 0) is 37.0 Å². The van der Waals surface area contributed by atoms with Gasteiger partial charge in [-0.3, -0.25) is 4.79 Å². The highest BCUT2D eigenvalue weighted by Crippen LogP contribution is 2.27. The summed E-state index contributed by atoms with van der Waals surface area (Å²) in [5, 5.41) is 11.7. The summed E-state index contributed by atoms with van der Waals surface area (Å²) < 4.78 is 5.25. The van der Waals surface area contributed by atoms with Crippen molar-refractivity contribution >= 4 is 11.9 Å². The fraction of sp³-hybridized carbons (Fsp3) is 0.467. The number of carbonyl (C=O) groups is 2. The summed E-state index contributed by atoms with van der Waals surface area (Å²) in [4.78, 5) is 22.7. The number of hydrogen-bond donors (Lipinski definition) is 2. The molecule has 0 spiro atoms. The minimum Gasteiger partial charge on any atom is -0.478 e. The van der Waals surface area contributed by atoms with Gasteiger partial charge in [-0.1, -0.05) is 12.1 Å². The van der Waals surface area contributed by atoms with Crippen LogP contribution in [-0.4, -0.2) is 30.2 Å². The molecule has 1 aromatic rings. The minimum atomic E-state index is -0.947. The molecule has 5 heteroatoms. The molecule has 1 aliphatic carbocycles. The zero-order valence-corrected chi connectivity index (χ0v) is 11.5. The monoisotopic (exact) mass is 277 g/mol. The molecule has 1 amide bonds. The lowest BCUT2D eigenvalue weighted by atomic mass is 10.1. The first-order valence-electron chi connectivity index (χ1n) is 6.73. The molecule has 0 radical (unpaired) electrons. The van der Waals surface area contributed by atoms with E-state index in [-0.39, 0.29) is 23.5 Å². The number of nitrogens with one attached hydrogen (secondary N) is 1. The zero-order valence-electron chi connectivity index (χ0n) is 11.5. The molecule has 0 bridgehead atoms. The number of amides is 1. The lowest BCUT2D eigenvalue weighted by Crippen LogP contribution is -2.29. The Morgan fingerprint density at radius 2 is 2.00 bits per heavy atom. The third kappa shape index (κ3) is 3.57. The van der Waals surface area contributed by atoms with Crippen molar-refractivity contribution in [1.29, 1.82) is 0 Å². The van der Waals surface area contributed by atoms with E-state index in [1.165, 1.54) is 0 Å². The number of rotatable bonds is 5. The van der Waals surface area contributed by atoms with Crippen LogP contribution in [0.3, 0.4) is 0 Å². The average molecular weight is 277 g/mol. The molecule has 2 rings (SSSR count). The molecule has 20 heavy (non-hydrogen) atoms. The summed E-state index contributed by atoms with van der Waals surface area (Å²) >= 11 is 0. The minimum absolute atomic E-state index is 0.0262. The number of benzene rings is 1. The molecule has 1 aliphatic rings. The molecule has 1 saturated carbocycles. The average Bonchev–Trinajstić information content (AvgIpc) is 2.94. The van der Waals surface area contributed by atoms with Crippen molar-refractivity contribution in [1.82, 2.24) is 5.32 Å². The summed E-state index contributed by atoms with van der Waals surface area (Å²) in [5.41, 5.74) is 1.14. The Balaban J connectivity index is 1.83. The largest absolute Gasteiger partial charge is 0.478 e. The van der Waals surface area contributed by atoms with Gasteiger partial charge in [0.2, 0.25) is 5.91 Å². The van der Waals surface area contributed by atoms with Crippen molar-refractivity contribution in [2.45, 2.75) is 31.9 Å². The van der Waals surface area contributed by atoms with Crippen molar-refractivity contribution in [3.05, 3.63) is 35.4 Å². The van der Waals surface area contributed by atoms with Crippen LogP contribution in [0.1, 0.15) is 35.2 Å². The van der Waals surface area contributed by atoms with Gasteiger partial charge in [0.05, 0.1) is 11.7 Å². The fourth-order valence-corrected chi connectivity index (χ4v) is 2.49.